The van der Waals surface area contributed by atoms with Crippen molar-refractivity contribution in [2.45, 2.75) is 6.04 Å². The van der Waals surface area contributed by atoms with E-state index in [-0.39, 0.29) is 0 Å². The summed E-state index contributed by atoms with van der Waals surface area (Å²) < 4.78 is 7.55. The molecule has 0 aliphatic rings. The molecule has 0 fully saturated rings. The average Bonchev–Trinajstić information content (AvgIpc) is 2.64. The number of aromatic nitrogens is 1. The van der Waals surface area contributed by atoms with Gasteiger partial charge in [-0.2, -0.15) is 0 Å². The van der Waals surface area contributed by atoms with Crippen molar-refractivity contribution in [1.29, 1.82) is 0 Å². The standard InChI is InChI=1S/C12H13BrN2O2/c1-15-9-4-3-8(13)5-7(9)6-10(15)11(14)12(16)17-2/h3-6,11H,14H2,1-2H3. The molecule has 1 aromatic carbocycles. The van der Waals surface area contributed by atoms with Crippen LogP contribution in [0.2, 0.25) is 0 Å². The van der Waals surface area contributed by atoms with Gasteiger partial charge in [0, 0.05) is 28.1 Å². The number of hydrogen-bond acceptors (Lipinski definition) is 3. The van der Waals surface area contributed by atoms with Crippen molar-refractivity contribution in [2.24, 2.45) is 12.8 Å². The van der Waals surface area contributed by atoms with Crippen LogP contribution in [0, 0.1) is 0 Å². The first-order valence-electron chi connectivity index (χ1n) is 5.13. The molecule has 5 heteroatoms. The molecular formula is C12H13BrN2O2. The second-order valence-electron chi connectivity index (χ2n) is 3.83. The maximum absolute atomic E-state index is 11.4. The molecule has 0 aliphatic heterocycles. The number of halogens is 1. The monoisotopic (exact) mass is 296 g/mol. The van der Waals surface area contributed by atoms with Crippen molar-refractivity contribution in [3.63, 3.8) is 0 Å². The fourth-order valence-corrected chi connectivity index (χ4v) is 2.27. The lowest BCUT2D eigenvalue weighted by Gasteiger charge is -2.10. The highest BCUT2D eigenvalue weighted by Gasteiger charge is 2.20. The van der Waals surface area contributed by atoms with E-state index < -0.39 is 12.0 Å². The largest absolute Gasteiger partial charge is 0.468 e. The maximum atomic E-state index is 11.4. The lowest BCUT2D eigenvalue weighted by molar-refractivity contribution is -0.142. The molecule has 0 spiro atoms. The summed E-state index contributed by atoms with van der Waals surface area (Å²) in [6.07, 6.45) is 0. The van der Waals surface area contributed by atoms with Crippen LogP contribution in [-0.4, -0.2) is 17.6 Å². The molecule has 0 saturated carbocycles. The van der Waals surface area contributed by atoms with Crippen LogP contribution >= 0.6 is 15.9 Å². The molecule has 0 radical (unpaired) electrons. The van der Waals surface area contributed by atoms with E-state index in [4.69, 9.17) is 5.73 Å². The van der Waals surface area contributed by atoms with Gasteiger partial charge in [0.2, 0.25) is 0 Å². The number of carbonyl (C=O) groups excluding carboxylic acids is 1. The Kier molecular flexibility index (Phi) is 3.22. The van der Waals surface area contributed by atoms with Crippen LogP contribution in [0.4, 0.5) is 0 Å². The minimum atomic E-state index is -0.754. The van der Waals surface area contributed by atoms with Gasteiger partial charge in [-0.25, -0.2) is 4.79 Å². The molecule has 2 rings (SSSR count). The number of aryl methyl sites for hydroxylation is 1. The molecule has 0 saturated heterocycles. The second-order valence-corrected chi connectivity index (χ2v) is 4.75. The summed E-state index contributed by atoms with van der Waals surface area (Å²) in [6.45, 7) is 0. The van der Waals surface area contributed by atoms with Gasteiger partial charge in [-0.1, -0.05) is 15.9 Å². The fraction of sp³-hybridized carbons (Fsp3) is 0.250. The average molecular weight is 297 g/mol. The number of hydrogen-bond donors (Lipinski definition) is 1. The smallest absolute Gasteiger partial charge is 0.328 e. The van der Waals surface area contributed by atoms with Crippen LogP contribution in [0.3, 0.4) is 0 Å². The predicted octanol–water partition coefficient (Wildman–Crippen LogP) is 2.11. The molecule has 0 bridgehead atoms. The Hall–Kier alpha value is -1.33. The van der Waals surface area contributed by atoms with E-state index in [1.807, 2.05) is 35.9 Å². The summed E-state index contributed by atoms with van der Waals surface area (Å²) in [6, 6.07) is 7.07. The number of benzene rings is 1. The zero-order valence-corrected chi connectivity index (χ0v) is 11.2. The van der Waals surface area contributed by atoms with E-state index in [0.29, 0.717) is 0 Å². The number of nitrogens with two attached hydrogens (primary N) is 1. The van der Waals surface area contributed by atoms with E-state index >= 15 is 0 Å². The maximum Gasteiger partial charge on any atom is 0.328 e. The molecule has 0 amide bonds. The number of carbonyl (C=O) groups is 1. The molecule has 0 aliphatic carbocycles. The third-order valence-corrected chi connectivity index (χ3v) is 3.31. The van der Waals surface area contributed by atoms with Crippen molar-refractivity contribution in [3.8, 4) is 0 Å². The first kappa shape index (κ1) is 12.1. The van der Waals surface area contributed by atoms with E-state index in [2.05, 4.69) is 20.7 Å². The van der Waals surface area contributed by atoms with Gasteiger partial charge in [0.25, 0.3) is 0 Å². The predicted molar refractivity (Wildman–Crippen MR) is 69.6 cm³/mol. The van der Waals surface area contributed by atoms with Crippen LogP contribution in [-0.2, 0) is 16.6 Å². The molecule has 90 valence electrons. The Morgan fingerprint density at radius 1 is 1.47 bits per heavy atom. The van der Waals surface area contributed by atoms with E-state index in [1.165, 1.54) is 7.11 Å². The number of methoxy groups -OCH3 is 1. The van der Waals surface area contributed by atoms with Crippen LogP contribution < -0.4 is 5.73 Å². The first-order chi connectivity index (χ1) is 8.04. The molecule has 4 nitrogen and oxygen atoms in total. The van der Waals surface area contributed by atoms with Crippen LogP contribution in [0.1, 0.15) is 11.7 Å². The number of esters is 1. The van der Waals surface area contributed by atoms with E-state index in [1.54, 1.807) is 0 Å². The number of nitrogens with zero attached hydrogens (tertiary/aromatic N) is 1. The number of fused-ring (bicyclic) bond motifs is 1. The Morgan fingerprint density at radius 3 is 2.82 bits per heavy atom. The van der Waals surface area contributed by atoms with Crippen LogP contribution in [0.25, 0.3) is 10.9 Å². The van der Waals surface area contributed by atoms with Gasteiger partial charge in [-0.15, -0.1) is 0 Å². The van der Waals surface area contributed by atoms with Crippen molar-refractivity contribution < 1.29 is 9.53 Å². The lowest BCUT2D eigenvalue weighted by Crippen LogP contribution is -2.24. The van der Waals surface area contributed by atoms with Crippen molar-refractivity contribution >= 4 is 32.8 Å². The zero-order valence-electron chi connectivity index (χ0n) is 9.61. The third kappa shape index (κ3) is 2.08. The summed E-state index contributed by atoms with van der Waals surface area (Å²) in [7, 11) is 3.22. The Bertz CT molecular complexity index is 577. The summed E-state index contributed by atoms with van der Waals surface area (Å²) in [5.74, 6) is -0.435. The minimum Gasteiger partial charge on any atom is -0.468 e. The summed E-state index contributed by atoms with van der Waals surface area (Å²) in [5.41, 5.74) is 7.62. The zero-order chi connectivity index (χ0) is 12.6. The Balaban J connectivity index is 2.55. The molecule has 1 aromatic heterocycles. The Morgan fingerprint density at radius 2 is 2.18 bits per heavy atom. The molecule has 1 unspecified atom stereocenters. The van der Waals surface area contributed by atoms with Gasteiger partial charge in [0.05, 0.1) is 7.11 Å². The highest BCUT2D eigenvalue weighted by molar-refractivity contribution is 9.10. The van der Waals surface area contributed by atoms with Crippen molar-refractivity contribution in [1.82, 2.24) is 4.57 Å². The second kappa shape index (κ2) is 4.50. The Labute approximate surface area is 107 Å². The van der Waals surface area contributed by atoms with Gasteiger partial charge >= 0.3 is 5.97 Å². The number of rotatable bonds is 2. The van der Waals surface area contributed by atoms with Crippen LogP contribution in [0.15, 0.2) is 28.7 Å². The quantitative estimate of drug-likeness (QED) is 0.864. The highest BCUT2D eigenvalue weighted by atomic mass is 79.9. The van der Waals surface area contributed by atoms with Gasteiger partial charge in [-0.3, -0.25) is 0 Å². The molecule has 2 aromatic rings. The van der Waals surface area contributed by atoms with Gasteiger partial charge in [-0.05, 0) is 24.3 Å². The fourth-order valence-electron chi connectivity index (χ4n) is 1.89. The molecule has 2 N–H and O–H groups in total. The molecule has 17 heavy (non-hydrogen) atoms. The summed E-state index contributed by atoms with van der Waals surface area (Å²) in [5, 5.41) is 1.04. The molecular weight excluding hydrogens is 284 g/mol. The van der Waals surface area contributed by atoms with Crippen molar-refractivity contribution in [2.75, 3.05) is 7.11 Å². The first-order valence-corrected chi connectivity index (χ1v) is 5.92. The van der Waals surface area contributed by atoms with Gasteiger partial charge < -0.3 is 15.0 Å². The highest BCUT2D eigenvalue weighted by Crippen LogP contribution is 2.25. The molecule has 1 atom stereocenters. The SMILES string of the molecule is COC(=O)C(N)c1cc2cc(Br)ccc2n1C. The lowest BCUT2D eigenvalue weighted by atomic mass is 10.2. The summed E-state index contributed by atoms with van der Waals surface area (Å²) >= 11 is 3.41. The van der Waals surface area contributed by atoms with Crippen molar-refractivity contribution in [3.05, 3.63) is 34.4 Å². The van der Waals surface area contributed by atoms with Crippen LogP contribution in [0.5, 0.6) is 0 Å². The topological polar surface area (TPSA) is 57.2 Å². The third-order valence-electron chi connectivity index (χ3n) is 2.82. The molecule has 1 heterocycles. The summed E-state index contributed by atoms with van der Waals surface area (Å²) in [4.78, 5) is 11.4. The number of ether oxygens (including phenoxy) is 1. The van der Waals surface area contributed by atoms with Gasteiger partial charge in [0.15, 0.2) is 0 Å². The minimum absolute atomic E-state index is 0.435. The normalized spacial score (nSPS) is 12.7. The van der Waals surface area contributed by atoms with E-state index in [0.717, 1.165) is 21.1 Å². The van der Waals surface area contributed by atoms with Gasteiger partial charge in [0.1, 0.15) is 6.04 Å². The van der Waals surface area contributed by atoms with E-state index in [9.17, 15) is 4.79 Å².